The fourth-order valence-electron chi connectivity index (χ4n) is 1.75. The van der Waals surface area contributed by atoms with Crippen LogP contribution in [-0.4, -0.2) is 30.7 Å². The van der Waals surface area contributed by atoms with Gasteiger partial charge >= 0.3 is 6.18 Å². The molecule has 0 saturated heterocycles. The molecule has 0 amide bonds. The minimum atomic E-state index is -4.20. The van der Waals surface area contributed by atoms with Crippen molar-refractivity contribution in [2.24, 2.45) is 5.73 Å². The van der Waals surface area contributed by atoms with Crippen LogP contribution in [0.25, 0.3) is 0 Å². The van der Waals surface area contributed by atoms with E-state index < -0.39 is 12.7 Å². The van der Waals surface area contributed by atoms with Gasteiger partial charge in [0.05, 0.1) is 6.54 Å². The Morgan fingerprint density at radius 3 is 2.29 bits per heavy atom. The lowest BCUT2D eigenvalue weighted by molar-refractivity contribution is -0.150. The van der Waals surface area contributed by atoms with E-state index in [1.54, 1.807) is 6.92 Å². The predicted molar refractivity (Wildman–Crippen MR) is 61.5 cm³/mol. The number of hydrogen-bond acceptors (Lipinski definition) is 2. The first kappa shape index (κ1) is 14.0. The molecule has 0 aliphatic heterocycles. The molecule has 2 nitrogen and oxygen atoms in total. The van der Waals surface area contributed by atoms with Crippen molar-refractivity contribution in [3.8, 4) is 0 Å². The van der Waals surface area contributed by atoms with Crippen LogP contribution in [0.15, 0.2) is 30.3 Å². The molecule has 96 valence electrons. The van der Waals surface area contributed by atoms with Crippen LogP contribution < -0.4 is 5.73 Å². The Hall–Kier alpha value is -1.07. The van der Waals surface area contributed by atoms with Crippen LogP contribution in [0.4, 0.5) is 13.2 Å². The summed E-state index contributed by atoms with van der Waals surface area (Å²) in [5, 5.41) is 0. The molecular weight excluding hydrogens is 229 g/mol. The maximum Gasteiger partial charge on any atom is 0.401 e. The van der Waals surface area contributed by atoms with Crippen LogP contribution >= 0.6 is 0 Å². The molecule has 2 N–H and O–H groups in total. The number of nitrogens with zero attached hydrogens (tertiary/aromatic N) is 1. The molecule has 1 unspecified atom stereocenters. The lowest BCUT2D eigenvalue weighted by atomic mass is 10.1. The summed E-state index contributed by atoms with van der Waals surface area (Å²) >= 11 is 0. The van der Waals surface area contributed by atoms with Crippen LogP contribution in [0.5, 0.6) is 0 Å². The molecular formula is C12H17F3N2. The van der Waals surface area contributed by atoms with E-state index in [0.717, 1.165) is 5.56 Å². The average molecular weight is 246 g/mol. The van der Waals surface area contributed by atoms with Crippen LogP contribution in [0.1, 0.15) is 18.5 Å². The Kier molecular flexibility index (Phi) is 4.96. The number of alkyl halides is 3. The van der Waals surface area contributed by atoms with Crippen molar-refractivity contribution in [3.05, 3.63) is 35.9 Å². The van der Waals surface area contributed by atoms with Gasteiger partial charge in [0.1, 0.15) is 0 Å². The largest absolute Gasteiger partial charge is 0.401 e. The van der Waals surface area contributed by atoms with Crippen LogP contribution in [0.2, 0.25) is 0 Å². The number of halogens is 3. The van der Waals surface area contributed by atoms with Gasteiger partial charge in [-0.2, -0.15) is 13.2 Å². The summed E-state index contributed by atoms with van der Waals surface area (Å²) in [6.07, 6.45) is -4.20. The summed E-state index contributed by atoms with van der Waals surface area (Å²) in [6, 6.07) is 8.84. The van der Waals surface area contributed by atoms with E-state index in [1.165, 1.54) is 4.90 Å². The fourth-order valence-corrected chi connectivity index (χ4v) is 1.75. The van der Waals surface area contributed by atoms with Crippen molar-refractivity contribution in [3.63, 3.8) is 0 Å². The minimum Gasteiger partial charge on any atom is -0.329 e. The van der Waals surface area contributed by atoms with E-state index in [-0.39, 0.29) is 19.1 Å². The second kappa shape index (κ2) is 6.02. The summed E-state index contributed by atoms with van der Waals surface area (Å²) < 4.78 is 37.3. The Balaban J connectivity index is 2.77. The van der Waals surface area contributed by atoms with E-state index in [1.807, 2.05) is 30.3 Å². The lowest BCUT2D eigenvalue weighted by Gasteiger charge is -2.29. The first-order valence-corrected chi connectivity index (χ1v) is 5.50. The first-order chi connectivity index (χ1) is 7.94. The highest BCUT2D eigenvalue weighted by Crippen LogP contribution is 2.24. The molecule has 1 atom stereocenters. The highest BCUT2D eigenvalue weighted by atomic mass is 19.4. The Bertz CT molecular complexity index is 324. The normalized spacial score (nSPS) is 14.0. The minimum absolute atomic E-state index is 0.216. The Morgan fingerprint density at radius 1 is 1.24 bits per heavy atom. The third-order valence-corrected chi connectivity index (χ3v) is 2.63. The molecule has 0 radical (unpaired) electrons. The van der Waals surface area contributed by atoms with E-state index in [2.05, 4.69) is 0 Å². The Morgan fingerprint density at radius 2 is 1.82 bits per heavy atom. The van der Waals surface area contributed by atoms with Gasteiger partial charge in [-0.1, -0.05) is 30.3 Å². The van der Waals surface area contributed by atoms with Crippen molar-refractivity contribution < 1.29 is 13.2 Å². The van der Waals surface area contributed by atoms with Crippen LogP contribution in [0, 0.1) is 0 Å². The van der Waals surface area contributed by atoms with Crippen molar-refractivity contribution in [1.82, 2.24) is 4.90 Å². The standard InChI is InChI=1S/C12H17F3N2/c1-10(11-5-3-2-4-6-11)17(8-7-16)9-12(13,14)15/h2-6,10H,7-9,16H2,1H3. The third kappa shape index (κ3) is 4.75. The van der Waals surface area contributed by atoms with E-state index in [4.69, 9.17) is 5.73 Å². The zero-order valence-corrected chi connectivity index (χ0v) is 9.74. The van der Waals surface area contributed by atoms with E-state index in [9.17, 15) is 13.2 Å². The molecule has 0 aliphatic rings. The van der Waals surface area contributed by atoms with Crippen LogP contribution in [0.3, 0.4) is 0 Å². The second-order valence-electron chi connectivity index (χ2n) is 3.96. The SMILES string of the molecule is CC(c1ccccc1)N(CCN)CC(F)(F)F. The molecule has 0 bridgehead atoms. The first-order valence-electron chi connectivity index (χ1n) is 5.50. The van der Waals surface area contributed by atoms with Gasteiger partial charge in [-0.05, 0) is 12.5 Å². The molecule has 0 aliphatic carbocycles. The zero-order valence-electron chi connectivity index (χ0n) is 9.74. The van der Waals surface area contributed by atoms with Gasteiger partial charge in [-0.25, -0.2) is 0 Å². The van der Waals surface area contributed by atoms with E-state index >= 15 is 0 Å². The Labute approximate surface area is 99.2 Å². The molecule has 1 rings (SSSR count). The summed E-state index contributed by atoms with van der Waals surface area (Å²) in [6.45, 7) is 1.28. The second-order valence-corrected chi connectivity index (χ2v) is 3.96. The molecule has 17 heavy (non-hydrogen) atoms. The van der Waals surface area contributed by atoms with Crippen LogP contribution in [-0.2, 0) is 0 Å². The van der Waals surface area contributed by atoms with Crippen molar-refractivity contribution >= 4 is 0 Å². The van der Waals surface area contributed by atoms with Gasteiger partial charge < -0.3 is 5.73 Å². The van der Waals surface area contributed by atoms with E-state index in [0.29, 0.717) is 0 Å². The number of hydrogen-bond donors (Lipinski definition) is 1. The molecule has 1 aromatic rings. The molecule has 0 heterocycles. The number of benzene rings is 1. The lowest BCUT2D eigenvalue weighted by Crippen LogP contribution is -2.39. The molecule has 5 heteroatoms. The fraction of sp³-hybridized carbons (Fsp3) is 0.500. The van der Waals surface area contributed by atoms with Crippen molar-refractivity contribution in [2.45, 2.75) is 19.1 Å². The van der Waals surface area contributed by atoms with Gasteiger partial charge in [0.2, 0.25) is 0 Å². The summed E-state index contributed by atoms with van der Waals surface area (Å²) in [5.41, 5.74) is 6.22. The average Bonchev–Trinajstić information content (AvgIpc) is 2.27. The summed E-state index contributed by atoms with van der Waals surface area (Å²) in [5.74, 6) is 0. The van der Waals surface area contributed by atoms with Gasteiger partial charge in [0, 0.05) is 19.1 Å². The predicted octanol–water partition coefficient (Wildman–Crippen LogP) is 2.57. The summed E-state index contributed by atoms with van der Waals surface area (Å²) in [7, 11) is 0. The summed E-state index contributed by atoms with van der Waals surface area (Å²) in [4.78, 5) is 1.34. The zero-order chi connectivity index (χ0) is 12.9. The molecule has 1 aromatic carbocycles. The van der Waals surface area contributed by atoms with Gasteiger partial charge in [0.25, 0.3) is 0 Å². The number of nitrogens with two attached hydrogens (primary N) is 1. The molecule has 0 saturated carbocycles. The topological polar surface area (TPSA) is 29.3 Å². The maximum atomic E-state index is 12.4. The highest BCUT2D eigenvalue weighted by Gasteiger charge is 2.32. The molecule has 0 aromatic heterocycles. The third-order valence-electron chi connectivity index (χ3n) is 2.63. The molecule has 0 fully saturated rings. The van der Waals surface area contributed by atoms with Crippen molar-refractivity contribution in [1.29, 1.82) is 0 Å². The smallest absolute Gasteiger partial charge is 0.329 e. The van der Waals surface area contributed by atoms with Crippen molar-refractivity contribution in [2.75, 3.05) is 19.6 Å². The van der Waals surface area contributed by atoms with Gasteiger partial charge in [0.15, 0.2) is 0 Å². The van der Waals surface area contributed by atoms with Gasteiger partial charge in [-0.3, -0.25) is 4.90 Å². The molecule has 0 spiro atoms. The maximum absolute atomic E-state index is 12.4. The highest BCUT2D eigenvalue weighted by molar-refractivity contribution is 5.18. The monoisotopic (exact) mass is 246 g/mol. The van der Waals surface area contributed by atoms with Gasteiger partial charge in [-0.15, -0.1) is 0 Å². The number of rotatable bonds is 5. The quantitative estimate of drug-likeness (QED) is 0.865.